The van der Waals surface area contributed by atoms with Gasteiger partial charge in [-0.3, -0.25) is 4.79 Å². The SMILES string of the molecule is NC1CCCCCC1C(=O)Nc1cccc(F)c1C(=O)O. The molecule has 1 aromatic rings. The van der Waals surface area contributed by atoms with Gasteiger partial charge in [0, 0.05) is 6.04 Å². The summed E-state index contributed by atoms with van der Waals surface area (Å²) in [5, 5.41) is 11.6. The van der Waals surface area contributed by atoms with Crippen LogP contribution in [0.3, 0.4) is 0 Å². The van der Waals surface area contributed by atoms with Gasteiger partial charge < -0.3 is 16.2 Å². The summed E-state index contributed by atoms with van der Waals surface area (Å²) in [5.41, 5.74) is 5.47. The Hall–Kier alpha value is -1.95. The van der Waals surface area contributed by atoms with Crippen molar-refractivity contribution in [3.63, 3.8) is 0 Å². The summed E-state index contributed by atoms with van der Waals surface area (Å²) in [5.74, 6) is -2.98. The summed E-state index contributed by atoms with van der Waals surface area (Å²) in [4.78, 5) is 23.4. The number of carboxylic acids is 1. The molecule has 4 N–H and O–H groups in total. The fourth-order valence-electron chi connectivity index (χ4n) is 2.73. The van der Waals surface area contributed by atoms with Crippen LogP contribution in [0.4, 0.5) is 10.1 Å². The molecule has 0 aromatic heterocycles. The van der Waals surface area contributed by atoms with Crippen LogP contribution in [0, 0.1) is 11.7 Å². The maximum atomic E-state index is 13.6. The normalized spacial score (nSPS) is 22.4. The molecule has 0 heterocycles. The molecule has 1 aromatic carbocycles. The second-order valence-electron chi connectivity index (χ2n) is 5.37. The van der Waals surface area contributed by atoms with Crippen molar-refractivity contribution in [3.05, 3.63) is 29.6 Å². The number of nitrogens with two attached hydrogens (primary N) is 1. The van der Waals surface area contributed by atoms with Crippen LogP contribution < -0.4 is 11.1 Å². The molecule has 2 atom stereocenters. The smallest absolute Gasteiger partial charge is 0.340 e. The second-order valence-corrected chi connectivity index (χ2v) is 5.37. The van der Waals surface area contributed by atoms with Crippen molar-refractivity contribution < 1.29 is 19.1 Å². The highest BCUT2D eigenvalue weighted by Crippen LogP contribution is 2.25. The minimum absolute atomic E-state index is 0.0241. The Balaban J connectivity index is 2.19. The topological polar surface area (TPSA) is 92.4 Å². The van der Waals surface area contributed by atoms with Gasteiger partial charge >= 0.3 is 5.97 Å². The number of carboxylic acid groups (broad SMARTS) is 1. The molecule has 1 fully saturated rings. The van der Waals surface area contributed by atoms with Crippen LogP contribution in [0.5, 0.6) is 0 Å². The number of amides is 1. The second kappa shape index (κ2) is 6.67. The number of rotatable bonds is 3. The summed E-state index contributed by atoms with van der Waals surface area (Å²) in [6.07, 6.45) is 4.39. The highest BCUT2D eigenvalue weighted by molar-refractivity contribution is 6.01. The van der Waals surface area contributed by atoms with E-state index in [-0.39, 0.29) is 23.6 Å². The van der Waals surface area contributed by atoms with E-state index in [1.165, 1.54) is 12.1 Å². The number of hydrogen-bond acceptors (Lipinski definition) is 3. The van der Waals surface area contributed by atoms with E-state index in [0.717, 1.165) is 31.7 Å². The predicted molar refractivity (Wildman–Crippen MR) is 76.5 cm³/mol. The van der Waals surface area contributed by atoms with Crippen molar-refractivity contribution in [1.29, 1.82) is 0 Å². The van der Waals surface area contributed by atoms with E-state index in [4.69, 9.17) is 10.8 Å². The molecule has 1 aliphatic rings. The molecule has 2 rings (SSSR count). The van der Waals surface area contributed by atoms with Gasteiger partial charge in [0.05, 0.1) is 11.6 Å². The highest BCUT2D eigenvalue weighted by Gasteiger charge is 2.28. The van der Waals surface area contributed by atoms with Gasteiger partial charge in [-0.1, -0.05) is 25.3 Å². The number of anilines is 1. The van der Waals surface area contributed by atoms with Gasteiger partial charge in [-0.2, -0.15) is 0 Å². The molecule has 0 radical (unpaired) electrons. The first kappa shape index (κ1) is 15.4. The van der Waals surface area contributed by atoms with Crippen molar-refractivity contribution in [3.8, 4) is 0 Å². The molecule has 1 aliphatic carbocycles. The maximum Gasteiger partial charge on any atom is 0.340 e. The first-order chi connectivity index (χ1) is 10.0. The Labute approximate surface area is 122 Å². The largest absolute Gasteiger partial charge is 0.478 e. The third kappa shape index (κ3) is 3.58. The van der Waals surface area contributed by atoms with Crippen molar-refractivity contribution in [2.45, 2.75) is 38.1 Å². The van der Waals surface area contributed by atoms with Gasteiger partial charge in [0.1, 0.15) is 11.4 Å². The molecule has 6 heteroatoms. The van der Waals surface area contributed by atoms with Gasteiger partial charge in [0.15, 0.2) is 0 Å². The van der Waals surface area contributed by atoms with E-state index in [1.807, 2.05) is 0 Å². The molecule has 1 amide bonds. The summed E-state index contributed by atoms with van der Waals surface area (Å²) in [7, 11) is 0. The number of nitrogens with one attached hydrogen (secondary N) is 1. The number of benzene rings is 1. The monoisotopic (exact) mass is 294 g/mol. The molecular formula is C15H19FN2O3. The highest BCUT2D eigenvalue weighted by atomic mass is 19.1. The van der Waals surface area contributed by atoms with Gasteiger partial charge in [-0.15, -0.1) is 0 Å². The fraction of sp³-hybridized carbons (Fsp3) is 0.467. The third-order valence-electron chi connectivity index (χ3n) is 3.89. The minimum Gasteiger partial charge on any atom is -0.478 e. The van der Waals surface area contributed by atoms with E-state index in [9.17, 15) is 14.0 Å². The molecule has 5 nitrogen and oxygen atoms in total. The molecule has 0 bridgehead atoms. The van der Waals surface area contributed by atoms with Crippen LogP contribution in [0.2, 0.25) is 0 Å². The minimum atomic E-state index is -1.41. The predicted octanol–water partition coefficient (Wildman–Crippen LogP) is 2.37. The molecular weight excluding hydrogens is 275 g/mol. The summed E-state index contributed by atoms with van der Waals surface area (Å²) < 4.78 is 13.6. The summed E-state index contributed by atoms with van der Waals surface area (Å²) in [6, 6.07) is 3.56. The molecule has 114 valence electrons. The van der Waals surface area contributed by atoms with Crippen molar-refractivity contribution in [2.75, 3.05) is 5.32 Å². The van der Waals surface area contributed by atoms with E-state index in [0.29, 0.717) is 6.42 Å². The number of carbonyl (C=O) groups is 2. The lowest BCUT2D eigenvalue weighted by Gasteiger charge is -2.21. The zero-order valence-electron chi connectivity index (χ0n) is 11.6. The molecule has 1 saturated carbocycles. The van der Waals surface area contributed by atoms with Gasteiger partial charge in [0.2, 0.25) is 5.91 Å². The summed E-state index contributed by atoms with van der Waals surface area (Å²) in [6.45, 7) is 0. The number of hydrogen-bond donors (Lipinski definition) is 3. The number of halogens is 1. The van der Waals surface area contributed by atoms with Gasteiger partial charge in [-0.25, -0.2) is 9.18 Å². The van der Waals surface area contributed by atoms with E-state index < -0.39 is 17.3 Å². The maximum absolute atomic E-state index is 13.6. The molecule has 21 heavy (non-hydrogen) atoms. The standard InChI is InChI=1S/C15H19FN2O3/c16-10-6-4-8-12(13(10)15(20)21)18-14(19)9-5-2-1-3-7-11(9)17/h4,6,8-9,11H,1-3,5,7,17H2,(H,18,19)(H,20,21). The average Bonchev–Trinajstić information content (AvgIpc) is 2.63. The zero-order chi connectivity index (χ0) is 15.4. The Morgan fingerprint density at radius 2 is 1.95 bits per heavy atom. The van der Waals surface area contributed by atoms with Crippen LogP contribution in [-0.4, -0.2) is 23.0 Å². The lowest BCUT2D eigenvalue weighted by Crippen LogP contribution is -2.38. The lowest BCUT2D eigenvalue weighted by atomic mass is 9.94. The van der Waals surface area contributed by atoms with Crippen molar-refractivity contribution in [1.82, 2.24) is 0 Å². The van der Waals surface area contributed by atoms with Crippen LogP contribution in [-0.2, 0) is 4.79 Å². The fourth-order valence-corrected chi connectivity index (χ4v) is 2.73. The molecule has 0 spiro atoms. The average molecular weight is 294 g/mol. The quantitative estimate of drug-likeness (QED) is 0.746. The summed E-state index contributed by atoms with van der Waals surface area (Å²) >= 11 is 0. The number of carbonyl (C=O) groups excluding carboxylic acids is 1. The Bertz CT molecular complexity index is 548. The van der Waals surface area contributed by atoms with Crippen molar-refractivity contribution >= 4 is 17.6 Å². The van der Waals surface area contributed by atoms with Crippen LogP contribution in [0.15, 0.2) is 18.2 Å². The molecule has 2 unspecified atom stereocenters. The van der Waals surface area contributed by atoms with Crippen LogP contribution in [0.1, 0.15) is 42.5 Å². The van der Waals surface area contributed by atoms with Crippen molar-refractivity contribution in [2.24, 2.45) is 11.7 Å². The van der Waals surface area contributed by atoms with E-state index in [2.05, 4.69) is 5.32 Å². The van der Waals surface area contributed by atoms with Gasteiger partial charge in [-0.05, 0) is 25.0 Å². The molecule has 0 saturated heterocycles. The van der Waals surface area contributed by atoms with Crippen LogP contribution >= 0.6 is 0 Å². The Morgan fingerprint density at radius 3 is 2.67 bits per heavy atom. The zero-order valence-corrected chi connectivity index (χ0v) is 11.6. The first-order valence-electron chi connectivity index (χ1n) is 7.09. The van der Waals surface area contributed by atoms with Crippen LogP contribution in [0.25, 0.3) is 0 Å². The molecule has 0 aliphatic heterocycles. The third-order valence-corrected chi connectivity index (χ3v) is 3.89. The lowest BCUT2D eigenvalue weighted by molar-refractivity contribution is -0.120. The Morgan fingerprint density at radius 1 is 1.24 bits per heavy atom. The first-order valence-corrected chi connectivity index (χ1v) is 7.09. The Kier molecular flexibility index (Phi) is 4.90. The van der Waals surface area contributed by atoms with E-state index in [1.54, 1.807) is 0 Å². The van der Waals surface area contributed by atoms with Gasteiger partial charge in [0.25, 0.3) is 0 Å². The number of aromatic carboxylic acids is 1. The van der Waals surface area contributed by atoms with E-state index >= 15 is 0 Å².